The van der Waals surface area contributed by atoms with E-state index in [0.717, 1.165) is 5.33 Å². The highest BCUT2D eigenvalue weighted by Crippen LogP contribution is 2.07. The lowest BCUT2D eigenvalue weighted by molar-refractivity contribution is 0.189. The van der Waals surface area contributed by atoms with Gasteiger partial charge in [0.1, 0.15) is 0 Å². The van der Waals surface area contributed by atoms with Gasteiger partial charge in [-0.2, -0.15) is 0 Å². The molecule has 0 spiro atoms. The summed E-state index contributed by atoms with van der Waals surface area (Å²) in [5, 5.41) is 0.747. The molecule has 0 N–H and O–H groups in total. The predicted octanol–water partition coefficient (Wildman–Crippen LogP) is 2.98. The van der Waals surface area contributed by atoms with Crippen molar-refractivity contribution in [3.8, 4) is 0 Å². The van der Waals surface area contributed by atoms with Crippen LogP contribution in [0.2, 0.25) is 0 Å². The summed E-state index contributed by atoms with van der Waals surface area (Å²) in [4.78, 5) is 0. The van der Waals surface area contributed by atoms with Crippen molar-refractivity contribution in [2.45, 2.75) is 19.8 Å². The van der Waals surface area contributed by atoms with E-state index in [4.69, 9.17) is 0 Å². The first kappa shape index (κ1) is 9.08. The average Bonchev–Trinajstić information content (AvgIpc) is 1.82. The molecule has 0 aliphatic heterocycles. The highest BCUT2D eigenvalue weighted by atomic mass is 79.9. The van der Waals surface area contributed by atoms with Gasteiger partial charge in [-0.25, -0.2) is 8.78 Å². The molecule has 0 atom stereocenters. The Hall–Kier alpha value is 0.0800. The van der Waals surface area contributed by atoms with E-state index in [2.05, 4.69) is 15.9 Å². The minimum Gasteiger partial charge on any atom is -0.205 e. The zero-order valence-electron chi connectivity index (χ0n) is 5.20. The standard InChI is InChI=1S/C6H9BrF2/c1-5(6(8)9)3-2-4-7/h3,6H,2,4H2,1H3. The van der Waals surface area contributed by atoms with Crippen molar-refractivity contribution in [2.75, 3.05) is 5.33 Å². The van der Waals surface area contributed by atoms with Gasteiger partial charge in [-0.05, 0) is 18.9 Å². The molecule has 0 rings (SSSR count). The number of rotatable bonds is 3. The molecule has 0 radical (unpaired) electrons. The second-order valence-corrected chi connectivity index (χ2v) is 2.52. The van der Waals surface area contributed by atoms with Crippen molar-refractivity contribution in [1.29, 1.82) is 0 Å². The molecule has 0 saturated carbocycles. The maximum atomic E-state index is 11.7. The first-order chi connectivity index (χ1) is 4.18. The van der Waals surface area contributed by atoms with Crippen LogP contribution in [-0.4, -0.2) is 11.8 Å². The van der Waals surface area contributed by atoms with Gasteiger partial charge in [0, 0.05) is 5.33 Å². The lowest BCUT2D eigenvalue weighted by atomic mass is 10.2. The number of halogens is 3. The van der Waals surface area contributed by atoms with E-state index in [9.17, 15) is 8.78 Å². The summed E-state index contributed by atoms with van der Waals surface area (Å²) in [6, 6.07) is 0. The van der Waals surface area contributed by atoms with Gasteiger partial charge in [0.2, 0.25) is 0 Å². The fraction of sp³-hybridized carbons (Fsp3) is 0.667. The van der Waals surface area contributed by atoms with Crippen molar-refractivity contribution in [2.24, 2.45) is 0 Å². The zero-order valence-corrected chi connectivity index (χ0v) is 6.79. The van der Waals surface area contributed by atoms with Gasteiger partial charge in [-0.1, -0.05) is 22.0 Å². The molecule has 0 unspecified atom stereocenters. The SMILES string of the molecule is CC(=CCCBr)C(F)F. The van der Waals surface area contributed by atoms with Crippen LogP contribution in [0.25, 0.3) is 0 Å². The molecule has 54 valence electrons. The molecular formula is C6H9BrF2. The van der Waals surface area contributed by atoms with Gasteiger partial charge in [0.25, 0.3) is 6.43 Å². The maximum Gasteiger partial charge on any atom is 0.259 e. The van der Waals surface area contributed by atoms with E-state index in [1.54, 1.807) is 6.08 Å². The third-order valence-corrected chi connectivity index (χ3v) is 1.38. The summed E-state index contributed by atoms with van der Waals surface area (Å²) in [5.74, 6) is 0. The maximum absolute atomic E-state index is 11.7. The van der Waals surface area contributed by atoms with Crippen molar-refractivity contribution in [1.82, 2.24) is 0 Å². The quantitative estimate of drug-likeness (QED) is 0.484. The largest absolute Gasteiger partial charge is 0.259 e. The molecule has 0 bridgehead atoms. The van der Waals surface area contributed by atoms with Crippen molar-refractivity contribution < 1.29 is 8.78 Å². The molecule has 0 aliphatic carbocycles. The topological polar surface area (TPSA) is 0 Å². The van der Waals surface area contributed by atoms with Gasteiger partial charge in [-0.15, -0.1) is 0 Å². The van der Waals surface area contributed by atoms with Crippen LogP contribution in [0, 0.1) is 0 Å². The highest BCUT2D eigenvalue weighted by Gasteiger charge is 2.02. The van der Waals surface area contributed by atoms with Gasteiger partial charge < -0.3 is 0 Å². The molecule has 0 fully saturated rings. The van der Waals surface area contributed by atoms with E-state index in [-0.39, 0.29) is 5.57 Å². The smallest absolute Gasteiger partial charge is 0.205 e. The van der Waals surface area contributed by atoms with Crippen LogP contribution in [0.3, 0.4) is 0 Å². The normalized spacial score (nSPS) is 12.8. The van der Waals surface area contributed by atoms with Crippen LogP contribution in [0.4, 0.5) is 8.78 Å². The molecule has 9 heavy (non-hydrogen) atoms. The molecule has 0 saturated heterocycles. The monoisotopic (exact) mass is 198 g/mol. The Bertz CT molecular complexity index is 99.2. The van der Waals surface area contributed by atoms with Crippen molar-refractivity contribution in [3.63, 3.8) is 0 Å². The van der Waals surface area contributed by atoms with Gasteiger partial charge in [0.15, 0.2) is 0 Å². The molecule has 0 aromatic heterocycles. The second kappa shape index (κ2) is 4.91. The Labute approximate surface area is 62.1 Å². The number of allylic oxidation sites excluding steroid dienone is 2. The van der Waals surface area contributed by atoms with Crippen LogP contribution >= 0.6 is 15.9 Å². The first-order valence-corrected chi connectivity index (χ1v) is 3.81. The Morgan fingerprint density at radius 1 is 1.67 bits per heavy atom. The molecule has 0 aromatic rings. The number of hydrogen-bond acceptors (Lipinski definition) is 0. The van der Waals surface area contributed by atoms with Crippen LogP contribution in [-0.2, 0) is 0 Å². The summed E-state index contributed by atoms with van der Waals surface area (Å²) < 4.78 is 23.3. The second-order valence-electron chi connectivity index (χ2n) is 1.73. The van der Waals surface area contributed by atoms with Crippen LogP contribution < -0.4 is 0 Å². The number of alkyl halides is 3. The van der Waals surface area contributed by atoms with Gasteiger partial charge in [0.05, 0.1) is 0 Å². The van der Waals surface area contributed by atoms with Crippen LogP contribution in [0.5, 0.6) is 0 Å². The predicted molar refractivity (Wildman–Crippen MR) is 38.2 cm³/mol. The zero-order chi connectivity index (χ0) is 7.28. The summed E-state index contributed by atoms with van der Waals surface area (Å²) in [6.07, 6.45) is -0.0701. The lowest BCUT2D eigenvalue weighted by Gasteiger charge is -1.95. The molecular weight excluding hydrogens is 190 g/mol. The fourth-order valence-electron chi connectivity index (χ4n) is 0.371. The molecule has 0 heterocycles. The third kappa shape index (κ3) is 4.58. The Kier molecular flexibility index (Phi) is 4.96. The molecule has 0 aliphatic rings. The van der Waals surface area contributed by atoms with E-state index in [0.29, 0.717) is 6.42 Å². The molecule has 0 nitrogen and oxygen atoms in total. The Balaban J connectivity index is 3.55. The van der Waals surface area contributed by atoms with E-state index < -0.39 is 6.43 Å². The lowest BCUT2D eigenvalue weighted by Crippen LogP contribution is -1.91. The van der Waals surface area contributed by atoms with E-state index in [1.165, 1.54) is 6.92 Å². The molecule has 3 heteroatoms. The Morgan fingerprint density at radius 3 is 2.56 bits per heavy atom. The summed E-state index contributed by atoms with van der Waals surface area (Å²) in [6.45, 7) is 1.44. The third-order valence-electron chi connectivity index (χ3n) is 0.920. The highest BCUT2D eigenvalue weighted by molar-refractivity contribution is 9.09. The minimum absolute atomic E-state index is 0.162. The van der Waals surface area contributed by atoms with Crippen molar-refractivity contribution in [3.05, 3.63) is 11.6 Å². The molecule has 0 aromatic carbocycles. The van der Waals surface area contributed by atoms with Crippen LogP contribution in [0.15, 0.2) is 11.6 Å². The minimum atomic E-state index is -2.29. The fourth-order valence-corrected chi connectivity index (χ4v) is 0.600. The Morgan fingerprint density at radius 2 is 2.22 bits per heavy atom. The van der Waals surface area contributed by atoms with Gasteiger partial charge >= 0.3 is 0 Å². The first-order valence-electron chi connectivity index (χ1n) is 2.69. The van der Waals surface area contributed by atoms with E-state index >= 15 is 0 Å². The summed E-state index contributed by atoms with van der Waals surface area (Å²) in [5.41, 5.74) is 0.162. The summed E-state index contributed by atoms with van der Waals surface area (Å²) in [7, 11) is 0. The molecule has 0 amide bonds. The summed E-state index contributed by atoms with van der Waals surface area (Å²) >= 11 is 3.14. The number of hydrogen-bond donors (Lipinski definition) is 0. The van der Waals surface area contributed by atoms with Gasteiger partial charge in [-0.3, -0.25) is 0 Å². The van der Waals surface area contributed by atoms with E-state index in [1.807, 2.05) is 0 Å². The average molecular weight is 199 g/mol. The van der Waals surface area contributed by atoms with Crippen molar-refractivity contribution >= 4 is 15.9 Å². The van der Waals surface area contributed by atoms with Crippen LogP contribution in [0.1, 0.15) is 13.3 Å².